The van der Waals surface area contributed by atoms with Crippen molar-refractivity contribution in [3.05, 3.63) is 124 Å². The number of carbonyl (C=O) groups excluding carboxylic acids is 2. The molecule has 2 aliphatic heterocycles. The normalized spacial score (nSPS) is 18.2. The van der Waals surface area contributed by atoms with Gasteiger partial charge in [-0.05, 0) is 69.5 Å². The Bertz CT molecular complexity index is 1470. The van der Waals surface area contributed by atoms with Crippen LogP contribution in [0.4, 0.5) is 0 Å². The van der Waals surface area contributed by atoms with Crippen molar-refractivity contribution in [2.45, 2.75) is 50.9 Å². The molecular formula is C38H45N3O5. The van der Waals surface area contributed by atoms with Gasteiger partial charge in [-0.15, -0.1) is 0 Å². The third kappa shape index (κ3) is 7.57. The van der Waals surface area contributed by atoms with Gasteiger partial charge in [-0.3, -0.25) is 4.98 Å². The van der Waals surface area contributed by atoms with E-state index in [0.29, 0.717) is 47.9 Å². The fraction of sp³-hybridized carbons (Fsp3) is 0.395. The molecule has 1 N–H and O–H groups in total. The first-order valence-corrected chi connectivity index (χ1v) is 16.2. The lowest BCUT2D eigenvalue weighted by Gasteiger charge is -2.43. The molecule has 1 atom stereocenters. The average Bonchev–Trinajstić information content (AvgIpc) is 3.10. The highest BCUT2D eigenvalue weighted by Gasteiger charge is 2.39. The number of benzene rings is 2. The number of nitrogens with zero attached hydrogens (tertiary/aromatic N) is 2. The van der Waals surface area contributed by atoms with E-state index >= 15 is 0 Å². The quantitative estimate of drug-likeness (QED) is 0.186. The smallest absolute Gasteiger partial charge is 0.336 e. The number of hydrogen-bond donors (Lipinski definition) is 1. The first-order chi connectivity index (χ1) is 22.4. The Hall–Kier alpha value is -4.27. The number of ether oxygens (including phenoxy) is 3. The van der Waals surface area contributed by atoms with Crippen LogP contribution in [0.25, 0.3) is 0 Å². The van der Waals surface area contributed by atoms with Crippen LogP contribution in [0, 0.1) is 0 Å². The Labute approximate surface area is 272 Å². The number of esters is 2. The van der Waals surface area contributed by atoms with Crippen LogP contribution < -0.4 is 5.32 Å². The molecule has 8 nitrogen and oxygen atoms in total. The van der Waals surface area contributed by atoms with Gasteiger partial charge in [-0.25, -0.2) is 9.59 Å². The third-order valence-corrected chi connectivity index (χ3v) is 9.16. The van der Waals surface area contributed by atoms with Gasteiger partial charge in [0.25, 0.3) is 0 Å². The molecule has 8 heteroatoms. The van der Waals surface area contributed by atoms with Crippen molar-refractivity contribution in [2.24, 2.45) is 0 Å². The molecule has 2 aliphatic rings. The number of allylic oxidation sites excluding steroid dienone is 2. The predicted molar refractivity (Wildman–Crippen MR) is 178 cm³/mol. The van der Waals surface area contributed by atoms with Gasteiger partial charge < -0.3 is 24.4 Å². The molecular weight excluding hydrogens is 578 g/mol. The maximum absolute atomic E-state index is 13.3. The summed E-state index contributed by atoms with van der Waals surface area (Å²) in [6.07, 6.45) is 5.37. The zero-order valence-corrected chi connectivity index (χ0v) is 27.2. The summed E-state index contributed by atoms with van der Waals surface area (Å²) in [5.74, 6) is -1.68. The van der Waals surface area contributed by atoms with Crippen LogP contribution in [0.2, 0.25) is 0 Å². The number of hydrogen-bond acceptors (Lipinski definition) is 8. The molecule has 1 aromatic heterocycles. The Morgan fingerprint density at radius 2 is 1.39 bits per heavy atom. The zero-order valence-electron chi connectivity index (χ0n) is 27.2. The molecule has 46 heavy (non-hydrogen) atoms. The second-order valence-electron chi connectivity index (χ2n) is 12.0. The Morgan fingerprint density at radius 1 is 0.804 bits per heavy atom. The van der Waals surface area contributed by atoms with Gasteiger partial charge in [0, 0.05) is 49.2 Å². The van der Waals surface area contributed by atoms with Gasteiger partial charge in [0.2, 0.25) is 0 Å². The van der Waals surface area contributed by atoms with E-state index in [2.05, 4.69) is 75.9 Å². The van der Waals surface area contributed by atoms with E-state index in [0.717, 1.165) is 38.9 Å². The third-order valence-electron chi connectivity index (χ3n) is 9.16. The number of dihydropyridines is 1. The highest BCUT2D eigenvalue weighted by atomic mass is 16.5. The molecule has 0 spiro atoms. The van der Waals surface area contributed by atoms with Crippen LogP contribution >= 0.6 is 0 Å². The average molecular weight is 624 g/mol. The molecule has 0 radical (unpaired) electrons. The maximum atomic E-state index is 13.3. The number of pyridine rings is 1. The SMILES string of the molecule is COC(=O)C1=C(C)NC(C)=C(C(=O)OCCCOCCCN2CCC(c3ccccc3)(c3ccccc3)CC2)C1c1ccccn1. The van der Waals surface area contributed by atoms with E-state index in [4.69, 9.17) is 14.2 Å². The number of piperidine rings is 1. The van der Waals surface area contributed by atoms with E-state index in [-0.39, 0.29) is 12.0 Å². The standard InChI is InChI=1S/C38H45N3O5/c1-28-33(36(42)44-3)35(32-18-10-11-21-39-32)34(29(2)40-28)37(43)46-27-13-26-45-25-12-22-41-23-19-38(20-24-41,30-14-6-4-7-15-30)31-16-8-5-9-17-31/h4-11,14-18,21,35,40H,12-13,19-20,22-27H2,1-3H3. The summed E-state index contributed by atoms with van der Waals surface area (Å²) in [4.78, 5) is 33.0. The fourth-order valence-electron chi connectivity index (χ4n) is 6.80. The summed E-state index contributed by atoms with van der Waals surface area (Å²) >= 11 is 0. The Morgan fingerprint density at radius 3 is 1.98 bits per heavy atom. The summed E-state index contributed by atoms with van der Waals surface area (Å²) < 4.78 is 16.6. The topological polar surface area (TPSA) is 90.0 Å². The highest BCUT2D eigenvalue weighted by Crippen LogP contribution is 2.42. The molecule has 5 rings (SSSR count). The summed E-state index contributed by atoms with van der Waals surface area (Å²) in [6.45, 7) is 8.08. The van der Waals surface area contributed by atoms with Crippen LogP contribution in [-0.4, -0.2) is 68.4 Å². The second kappa shape index (κ2) is 15.8. The number of carbonyl (C=O) groups is 2. The van der Waals surface area contributed by atoms with Gasteiger partial charge in [-0.1, -0.05) is 66.7 Å². The van der Waals surface area contributed by atoms with Crippen molar-refractivity contribution in [3.63, 3.8) is 0 Å². The number of rotatable bonds is 13. The first kappa shape index (κ1) is 33.1. The summed E-state index contributed by atoms with van der Waals surface area (Å²) in [6, 6.07) is 27.3. The molecule has 0 bridgehead atoms. The minimum absolute atomic E-state index is 0.0584. The summed E-state index contributed by atoms with van der Waals surface area (Å²) in [5.41, 5.74) is 5.40. The zero-order chi connectivity index (χ0) is 32.4. The number of methoxy groups -OCH3 is 1. The number of nitrogens with one attached hydrogen (secondary N) is 1. The van der Waals surface area contributed by atoms with Crippen LogP contribution in [0.3, 0.4) is 0 Å². The number of likely N-dealkylation sites (tertiary alicyclic amines) is 1. The Balaban J connectivity index is 1.05. The molecule has 2 aromatic carbocycles. The monoisotopic (exact) mass is 623 g/mol. The van der Waals surface area contributed by atoms with Gasteiger partial charge in [0.1, 0.15) is 0 Å². The highest BCUT2D eigenvalue weighted by molar-refractivity contribution is 5.99. The Kier molecular flexibility index (Phi) is 11.4. The lowest BCUT2D eigenvalue weighted by atomic mass is 9.68. The molecule has 242 valence electrons. The van der Waals surface area contributed by atoms with E-state index in [9.17, 15) is 9.59 Å². The molecule has 1 fully saturated rings. The van der Waals surface area contributed by atoms with Crippen LogP contribution in [-0.2, 0) is 29.2 Å². The van der Waals surface area contributed by atoms with Gasteiger partial charge in [0.15, 0.2) is 0 Å². The minimum Gasteiger partial charge on any atom is -0.466 e. The van der Waals surface area contributed by atoms with E-state index in [1.165, 1.54) is 18.2 Å². The molecule has 0 aliphatic carbocycles. The van der Waals surface area contributed by atoms with Gasteiger partial charge >= 0.3 is 11.9 Å². The lowest BCUT2D eigenvalue weighted by molar-refractivity contribution is -0.140. The van der Waals surface area contributed by atoms with Crippen LogP contribution in [0.5, 0.6) is 0 Å². The van der Waals surface area contributed by atoms with Crippen molar-refractivity contribution in [1.29, 1.82) is 0 Å². The lowest BCUT2D eigenvalue weighted by Crippen LogP contribution is -2.43. The van der Waals surface area contributed by atoms with Gasteiger partial charge in [0.05, 0.1) is 36.5 Å². The maximum Gasteiger partial charge on any atom is 0.336 e. The van der Waals surface area contributed by atoms with Crippen molar-refractivity contribution < 1.29 is 23.8 Å². The van der Waals surface area contributed by atoms with E-state index < -0.39 is 17.9 Å². The van der Waals surface area contributed by atoms with Crippen molar-refractivity contribution in [2.75, 3.05) is 46.6 Å². The molecule has 1 unspecified atom stereocenters. The fourth-order valence-corrected chi connectivity index (χ4v) is 6.80. The summed E-state index contributed by atoms with van der Waals surface area (Å²) in [7, 11) is 1.33. The predicted octanol–water partition coefficient (Wildman–Crippen LogP) is 5.91. The summed E-state index contributed by atoms with van der Waals surface area (Å²) in [5, 5.41) is 3.15. The van der Waals surface area contributed by atoms with Gasteiger partial charge in [-0.2, -0.15) is 0 Å². The first-order valence-electron chi connectivity index (χ1n) is 16.2. The molecule has 1 saturated heterocycles. The van der Waals surface area contributed by atoms with Crippen molar-refractivity contribution >= 4 is 11.9 Å². The largest absolute Gasteiger partial charge is 0.466 e. The molecule has 0 amide bonds. The van der Waals surface area contributed by atoms with Crippen molar-refractivity contribution in [1.82, 2.24) is 15.2 Å². The van der Waals surface area contributed by atoms with E-state index in [1.807, 2.05) is 6.07 Å². The minimum atomic E-state index is -0.681. The van der Waals surface area contributed by atoms with Crippen LogP contribution in [0.15, 0.2) is 108 Å². The number of aromatic nitrogens is 1. The van der Waals surface area contributed by atoms with E-state index in [1.54, 1.807) is 32.2 Å². The van der Waals surface area contributed by atoms with Crippen LogP contribution in [0.1, 0.15) is 62.3 Å². The second-order valence-corrected chi connectivity index (χ2v) is 12.0. The molecule has 0 saturated carbocycles. The van der Waals surface area contributed by atoms with Crippen molar-refractivity contribution in [3.8, 4) is 0 Å². The molecule has 3 aromatic rings. The molecule has 3 heterocycles.